The lowest BCUT2D eigenvalue weighted by atomic mass is 10.2. The van der Waals surface area contributed by atoms with Gasteiger partial charge in [-0.05, 0) is 44.9 Å². The molecule has 1 N–H and O–H groups in total. The van der Waals surface area contributed by atoms with E-state index in [4.69, 9.17) is 4.74 Å². The summed E-state index contributed by atoms with van der Waals surface area (Å²) in [5, 5.41) is 3.37. The number of nitrogens with one attached hydrogen (secondary N) is 1. The highest BCUT2D eigenvalue weighted by molar-refractivity contribution is 5.69. The van der Waals surface area contributed by atoms with Crippen molar-refractivity contribution in [2.75, 3.05) is 18.5 Å². The molecule has 3 heteroatoms. The quantitative estimate of drug-likeness (QED) is 0.447. The predicted molar refractivity (Wildman–Crippen MR) is 82.6 cm³/mol. The Morgan fingerprint density at radius 3 is 2.90 bits per heavy atom. The second-order valence-electron chi connectivity index (χ2n) is 4.50. The van der Waals surface area contributed by atoms with Gasteiger partial charge in [-0.3, -0.25) is 4.79 Å². The van der Waals surface area contributed by atoms with E-state index in [1.807, 2.05) is 32.0 Å². The average molecular weight is 273 g/mol. The van der Waals surface area contributed by atoms with Gasteiger partial charge in [0.2, 0.25) is 0 Å². The smallest absolute Gasteiger partial charge is 0.305 e. The summed E-state index contributed by atoms with van der Waals surface area (Å²) in [6.07, 6.45) is 3.49. The summed E-state index contributed by atoms with van der Waals surface area (Å²) in [5.41, 5.74) is 2.12. The van der Waals surface area contributed by atoms with Crippen LogP contribution in [0.25, 0.3) is 0 Å². The van der Waals surface area contributed by atoms with Gasteiger partial charge >= 0.3 is 5.97 Å². The summed E-state index contributed by atoms with van der Waals surface area (Å²) in [6.45, 7) is 5.05. The summed E-state index contributed by atoms with van der Waals surface area (Å²) < 4.78 is 4.89. The molecule has 0 aromatic heterocycles. The molecule has 0 atom stereocenters. The van der Waals surface area contributed by atoms with Crippen molar-refractivity contribution in [2.24, 2.45) is 0 Å². The highest BCUT2D eigenvalue weighted by Gasteiger charge is 2.00. The van der Waals surface area contributed by atoms with Crippen LogP contribution in [0.15, 0.2) is 24.3 Å². The van der Waals surface area contributed by atoms with Gasteiger partial charge in [-0.25, -0.2) is 0 Å². The van der Waals surface area contributed by atoms with Gasteiger partial charge in [0.25, 0.3) is 0 Å². The number of benzene rings is 1. The van der Waals surface area contributed by atoms with E-state index in [0.717, 1.165) is 37.1 Å². The Hall–Kier alpha value is -1.95. The largest absolute Gasteiger partial charge is 0.466 e. The Morgan fingerprint density at radius 2 is 2.15 bits per heavy atom. The highest BCUT2D eigenvalue weighted by Crippen LogP contribution is 2.10. The maximum atomic E-state index is 11.1. The summed E-state index contributed by atoms with van der Waals surface area (Å²) >= 11 is 0. The summed E-state index contributed by atoms with van der Waals surface area (Å²) in [7, 11) is 0. The molecular weight excluding hydrogens is 250 g/mol. The van der Waals surface area contributed by atoms with Crippen molar-refractivity contribution in [3.63, 3.8) is 0 Å². The number of anilines is 1. The lowest BCUT2D eigenvalue weighted by Crippen LogP contribution is -2.05. The number of rotatable bonds is 8. The van der Waals surface area contributed by atoms with Crippen molar-refractivity contribution < 1.29 is 9.53 Å². The third-order valence-corrected chi connectivity index (χ3v) is 2.82. The summed E-state index contributed by atoms with van der Waals surface area (Å²) in [4.78, 5) is 11.1. The van der Waals surface area contributed by atoms with Gasteiger partial charge in [-0.1, -0.05) is 18.4 Å². The normalized spacial score (nSPS) is 9.50. The minimum Gasteiger partial charge on any atom is -0.466 e. The molecule has 0 saturated heterocycles. The fourth-order valence-electron chi connectivity index (χ4n) is 1.89. The lowest BCUT2D eigenvalue weighted by Gasteiger charge is -2.06. The predicted octanol–water partition coefficient (Wildman–Crippen LogP) is 3.59. The molecule has 0 amide bonds. The summed E-state index contributed by atoms with van der Waals surface area (Å²) in [6, 6.07) is 8.10. The monoisotopic (exact) mass is 273 g/mol. The first-order valence-electron chi connectivity index (χ1n) is 7.18. The number of hydrogen-bond acceptors (Lipinski definition) is 3. The fourth-order valence-corrected chi connectivity index (χ4v) is 1.89. The number of ether oxygens (including phenoxy) is 1. The van der Waals surface area contributed by atoms with Gasteiger partial charge in [0.05, 0.1) is 6.61 Å². The van der Waals surface area contributed by atoms with Crippen molar-refractivity contribution in [3.8, 4) is 11.8 Å². The number of carbonyl (C=O) groups is 1. The van der Waals surface area contributed by atoms with Gasteiger partial charge in [-0.15, -0.1) is 5.92 Å². The van der Waals surface area contributed by atoms with Crippen molar-refractivity contribution in [1.82, 2.24) is 0 Å². The van der Waals surface area contributed by atoms with Crippen molar-refractivity contribution in [2.45, 2.75) is 39.5 Å². The van der Waals surface area contributed by atoms with E-state index >= 15 is 0 Å². The standard InChI is InChI=1S/C17H23NO2/c1-3-9-15-10-8-11-16(14-15)18-13-7-5-6-12-17(19)20-4-2/h8,10-11,14,18H,4-7,12-13H2,1-2H3. The molecule has 0 bridgehead atoms. The molecule has 20 heavy (non-hydrogen) atoms. The molecule has 1 rings (SSSR count). The molecular formula is C17H23NO2. The van der Waals surface area contributed by atoms with E-state index in [1.54, 1.807) is 0 Å². The minimum atomic E-state index is -0.0914. The van der Waals surface area contributed by atoms with E-state index in [2.05, 4.69) is 23.2 Å². The van der Waals surface area contributed by atoms with Crippen LogP contribution in [0.5, 0.6) is 0 Å². The zero-order valence-corrected chi connectivity index (χ0v) is 12.4. The molecule has 3 nitrogen and oxygen atoms in total. The molecule has 1 aromatic rings. The van der Waals surface area contributed by atoms with Crippen LogP contribution in [0.3, 0.4) is 0 Å². The fraction of sp³-hybridized carbons (Fsp3) is 0.471. The summed E-state index contributed by atoms with van der Waals surface area (Å²) in [5.74, 6) is 5.84. The molecule has 0 radical (unpaired) electrons. The van der Waals surface area contributed by atoms with Crippen LogP contribution in [-0.4, -0.2) is 19.1 Å². The van der Waals surface area contributed by atoms with Crippen LogP contribution in [-0.2, 0) is 9.53 Å². The third-order valence-electron chi connectivity index (χ3n) is 2.82. The second kappa shape index (κ2) is 9.91. The Morgan fingerprint density at radius 1 is 1.30 bits per heavy atom. The van der Waals surface area contributed by atoms with Crippen LogP contribution < -0.4 is 5.32 Å². The number of unbranched alkanes of at least 4 members (excludes halogenated alkanes) is 2. The minimum absolute atomic E-state index is 0.0914. The Kier molecular flexibility index (Phi) is 7.98. The molecule has 1 aromatic carbocycles. The molecule has 0 aliphatic heterocycles. The maximum Gasteiger partial charge on any atom is 0.305 e. The second-order valence-corrected chi connectivity index (χ2v) is 4.50. The molecule has 108 valence electrons. The first-order valence-corrected chi connectivity index (χ1v) is 7.18. The van der Waals surface area contributed by atoms with Crippen LogP contribution in [0.4, 0.5) is 5.69 Å². The zero-order valence-electron chi connectivity index (χ0n) is 12.4. The molecule has 0 spiro atoms. The third kappa shape index (κ3) is 6.84. The average Bonchev–Trinajstić information content (AvgIpc) is 2.44. The van der Waals surface area contributed by atoms with Crippen LogP contribution in [0.2, 0.25) is 0 Å². The Labute approximate surface area is 121 Å². The molecule has 0 aliphatic carbocycles. The molecule has 0 heterocycles. The molecule has 0 saturated carbocycles. The van der Waals surface area contributed by atoms with Gasteiger partial charge in [0.1, 0.15) is 0 Å². The number of hydrogen-bond donors (Lipinski definition) is 1. The van der Waals surface area contributed by atoms with Crippen LogP contribution >= 0.6 is 0 Å². The first-order chi connectivity index (χ1) is 9.76. The van der Waals surface area contributed by atoms with E-state index in [0.29, 0.717) is 13.0 Å². The van der Waals surface area contributed by atoms with E-state index in [1.165, 1.54) is 0 Å². The van der Waals surface area contributed by atoms with Gasteiger partial charge < -0.3 is 10.1 Å². The van der Waals surface area contributed by atoms with E-state index in [9.17, 15) is 4.79 Å². The zero-order chi connectivity index (χ0) is 14.6. The highest BCUT2D eigenvalue weighted by atomic mass is 16.5. The van der Waals surface area contributed by atoms with Gasteiger partial charge in [0, 0.05) is 24.2 Å². The van der Waals surface area contributed by atoms with Gasteiger partial charge in [0.15, 0.2) is 0 Å². The molecule has 0 fully saturated rings. The van der Waals surface area contributed by atoms with Crippen LogP contribution in [0.1, 0.15) is 45.1 Å². The number of carbonyl (C=O) groups excluding carboxylic acids is 1. The molecule has 0 unspecified atom stereocenters. The van der Waals surface area contributed by atoms with Crippen molar-refractivity contribution >= 4 is 11.7 Å². The van der Waals surface area contributed by atoms with Crippen molar-refractivity contribution in [3.05, 3.63) is 29.8 Å². The topological polar surface area (TPSA) is 38.3 Å². The Bertz CT molecular complexity index is 471. The van der Waals surface area contributed by atoms with Gasteiger partial charge in [-0.2, -0.15) is 0 Å². The van der Waals surface area contributed by atoms with Crippen molar-refractivity contribution in [1.29, 1.82) is 0 Å². The van der Waals surface area contributed by atoms with E-state index in [-0.39, 0.29) is 5.97 Å². The number of esters is 1. The van der Waals surface area contributed by atoms with E-state index < -0.39 is 0 Å². The Balaban J connectivity index is 2.16. The lowest BCUT2D eigenvalue weighted by molar-refractivity contribution is -0.143. The van der Waals surface area contributed by atoms with Crippen LogP contribution in [0, 0.1) is 11.8 Å². The SMILES string of the molecule is CC#Cc1cccc(NCCCCCC(=O)OCC)c1. The maximum absolute atomic E-state index is 11.1. The molecule has 0 aliphatic rings. The first kappa shape index (κ1) is 16.1.